The van der Waals surface area contributed by atoms with Gasteiger partial charge >= 0.3 is 0 Å². The third-order valence-electron chi connectivity index (χ3n) is 3.93. The van der Waals surface area contributed by atoms with Gasteiger partial charge in [-0.05, 0) is 42.7 Å². The Kier molecular flexibility index (Phi) is 4.61. The lowest BCUT2D eigenvalue weighted by molar-refractivity contribution is 0.328. The fraction of sp³-hybridized carbons (Fsp3) is 0.333. The molecule has 1 unspecified atom stereocenters. The first-order valence-electron chi connectivity index (χ1n) is 7.49. The van der Waals surface area contributed by atoms with Gasteiger partial charge in [-0.25, -0.2) is 0 Å². The predicted octanol–water partition coefficient (Wildman–Crippen LogP) is 4.44. The number of nitrogens with one attached hydrogen (secondary N) is 1. The summed E-state index contributed by atoms with van der Waals surface area (Å²) in [6.07, 6.45) is 1.21. The monoisotopic (exact) mass is 344 g/mol. The summed E-state index contributed by atoms with van der Waals surface area (Å²) in [5, 5.41) is 3.67. The van der Waals surface area contributed by atoms with Crippen molar-refractivity contribution in [3.8, 4) is 0 Å². The Morgan fingerprint density at radius 1 is 1.19 bits per heavy atom. The molecular weight excluding hydrogens is 324 g/mol. The Labute approximate surface area is 135 Å². The summed E-state index contributed by atoms with van der Waals surface area (Å²) in [4.78, 5) is 2.53. The summed E-state index contributed by atoms with van der Waals surface area (Å²) >= 11 is 3.57. The average Bonchev–Trinajstić information content (AvgIpc) is 2.86. The summed E-state index contributed by atoms with van der Waals surface area (Å²) in [5.41, 5.74) is 3.90. The van der Waals surface area contributed by atoms with E-state index in [2.05, 4.69) is 81.6 Å². The van der Waals surface area contributed by atoms with Crippen molar-refractivity contribution in [3.63, 3.8) is 0 Å². The number of hydrogen-bond donors (Lipinski definition) is 1. The summed E-state index contributed by atoms with van der Waals surface area (Å²) in [5.74, 6) is 0. The van der Waals surface area contributed by atoms with Crippen LogP contribution in [-0.4, -0.2) is 24.0 Å². The summed E-state index contributed by atoms with van der Waals surface area (Å²) < 4.78 is 1.14. The summed E-state index contributed by atoms with van der Waals surface area (Å²) in [6, 6.07) is 17.8. The molecule has 3 rings (SSSR count). The van der Waals surface area contributed by atoms with Crippen molar-refractivity contribution in [3.05, 3.63) is 64.1 Å². The molecular formula is C18H21BrN2. The van der Waals surface area contributed by atoms with Gasteiger partial charge in [0.15, 0.2) is 0 Å². The van der Waals surface area contributed by atoms with E-state index in [-0.39, 0.29) is 0 Å². The lowest BCUT2D eigenvalue weighted by atomic mass is 10.2. The molecule has 3 heteroatoms. The number of anilines is 1. The fourth-order valence-electron chi connectivity index (χ4n) is 2.99. The zero-order chi connectivity index (χ0) is 14.7. The highest BCUT2D eigenvalue weighted by molar-refractivity contribution is 9.10. The largest absolute Gasteiger partial charge is 0.381 e. The Hall–Kier alpha value is -1.32. The van der Waals surface area contributed by atoms with Gasteiger partial charge in [-0.3, -0.25) is 4.90 Å². The van der Waals surface area contributed by atoms with Gasteiger partial charge < -0.3 is 5.32 Å². The van der Waals surface area contributed by atoms with E-state index < -0.39 is 0 Å². The van der Waals surface area contributed by atoms with Crippen LogP contribution in [0.25, 0.3) is 0 Å². The Balaban J connectivity index is 1.57. The van der Waals surface area contributed by atoms with Crippen LogP contribution >= 0.6 is 15.9 Å². The van der Waals surface area contributed by atoms with Crippen LogP contribution in [0.5, 0.6) is 0 Å². The first-order valence-corrected chi connectivity index (χ1v) is 8.28. The van der Waals surface area contributed by atoms with Crippen molar-refractivity contribution < 1.29 is 0 Å². The second kappa shape index (κ2) is 6.63. The van der Waals surface area contributed by atoms with Crippen molar-refractivity contribution in [1.82, 2.24) is 4.90 Å². The summed E-state index contributed by atoms with van der Waals surface area (Å²) in [7, 11) is 0. The first-order chi connectivity index (χ1) is 10.2. The third-order valence-corrected chi connectivity index (χ3v) is 4.39. The van der Waals surface area contributed by atoms with Crippen molar-refractivity contribution in [2.75, 3.05) is 18.4 Å². The van der Waals surface area contributed by atoms with E-state index in [9.17, 15) is 0 Å². The van der Waals surface area contributed by atoms with Crippen LogP contribution in [-0.2, 0) is 6.54 Å². The lowest BCUT2D eigenvalue weighted by Gasteiger charge is -2.18. The molecule has 0 amide bonds. The molecule has 2 aromatic carbocycles. The number of rotatable bonds is 4. The third kappa shape index (κ3) is 4.08. The average molecular weight is 345 g/mol. The van der Waals surface area contributed by atoms with Crippen LogP contribution in [0.3, 0.4) is 0 Å². The van der Waals surface area contributed by atoms with Gasteiger partial charge in [-0.1, -0.05) is 46.3 Å². The molecule has 21 heavy (non-hydrogen) atoms. The van der Waals surface area contributed by atoms with Crippen molar-refractivity contribution >= 4 is 21.6 Å². The molecule has 1 saturated heterocycles. The van der Waals surface area contributed by atoms with Crippen LogP contribution < -0.4 is 5.32 Å². The number of halogens is 1. The first kappa shape index (κ1) is 14.6. The maximum absolute atomic E-state index is 3.67. The molecule has 0 aromatic heterocycles. The zero-order valence-electron chi connectivity index (χ0n) is 12.3. The molecule has 2 nitrogen and oxygen atoms in total. The molecule has 1 aliphatic heterocycles. The molecule has 0 radical (unpaired) electrons. The van der Waals surface area contributed by atoms with Crippen LogP contribution in [0.15, 0.2) is 53.0 Å². The smallest absolute Gasteiger partial charge is 0.0400 e. The van der Waals surface area contributed by atoms with Gasteiger partial charge in [-0.15, -0.1) is 0 Å². The Bertz CT molecular complexity index is 577. The lowest BCUT2D eigenvalue weighted by Crippen LogP contribution is -2.25. The second-order valence-electron chi connectivity index (χ2n) is 5.87. The minimum Gasteiger partial charge on any atom is -0.381 e. The van der Waals surface area contributed by atoms with Crippen molar-refractivity contribution in [1.29, 1.82) is 0 Å². The van der Waals surface area contributed by atoms with E-state index in [1.807, 2.05) is 0 Å². The molecule has 0 saturated carbocycles. The predicted molar refractivity (Wildman–Crippen MR) is 92.6 cm³/mol. The highest BCUT2D eigenvalue weighted by Crippen LogP contribution is 2.22. The maximum atomic E-state index is 3.67. The van der Waals surface area contributed by atoms with Crippen LogP contribution in [0, 0.1) is 6.92 Å². The van der Waals surface area contributed by atoms with Crippen LogP contribution in [0.4, 0.5) is 5.69 Å². The quantitative estimate of drug-likeness (QED) is 0.881. The molecule has 0 bridgehead atoms. The van der Waals surface area contributed by atoms with E-state index in [1.165, 1.54) is 29.8 Å². The zero-order valence-corrected chi connectivity index (χ0v) is 13.9. The van der Waals surface area contributed by atoms with Gasteiger partial charge in [0.1, 0.15) is 0 Å². The molecule has 0 aliphatic carbocycles. The van der Waals surface area contributed by atoms with Gasteiger partial charge in [0, 0.05) is 35.8 Å². The standard InChI is InChI=1S/C18H21BrN2/c1-14-9-16(19)11-18(10-14)20-17-7-8-21(13-17)12-15-5-3-2-4-6-15/h2-6,9-11,17,20H,7-8,12-13H2,1H3. The number of nitrogens with zero attached hydrogens (tertiary/aromatic N) is 1. The summed E-state index contributed by atoms with van der Waals surface area (Å²) in [6.45, 7) is 5.46. The second-order valence-corrected chi connectivity index (χ2v) is 6.78. The van der Waals surface area contributed by atoms with E-state index in [4.69, 9.17) is 0 Å². The highest BCUT2D eigenvalue weighted by atomic mass is 79.9. The Morgan fingerprint density at radius 3 is 2.76 bits per heavy atom. The molecule has 1 N–H and O–H groups in total. The van der Waals surface area contributed by atoms with Gasteiger partial charge in [-0.2, -0.15) is 0 Å². The van der Waals surface area contributed by atoms with Gasteiger partial charge in [0.25, 0.3) is 0 Å². The number of hydrogen-bond acceptors (Lipinski definition) is 2. The molecule has 1 heterocycles. The Morgan fingerprint density at radius 2 is 2.00 bits per heavy atom. The molecule has 110 valence electrons. The fourth-order valence-corrected chi connectivity index (χ4v) is 3.60. The molecule has 0 spiro atoms. The van der Waals surface area contributed by atoms with E-state index >= 15 is 0 Å². The molecule has 1 fully saturated rings. The van der Waals surface area contributed by atoms with Crippen molar-refractivity contribution in [2.45, 2.75) is 25.9 Å². The molecule has 1 aliphatic rings. The molecule has 1 atom stereocenters. The normalized spacial score (nSPS) is 18.9. The van der Waals surface area contributed by atoms with Crippen LogP contribution in [0.1, 0.15) is 17.5 Å². The highest BCUT2D eigenvalue weighted by Gasteiger charge is 2.22. The molecule has 2 aromatic rings. The SMILES string of the molecule is Cc1cc(Br)cc(NC2CCN(Cc3ccccc3)C2)c1. The minimum atomic E-state index is 0.544. The maximum Gasteiger partial charge on any atom is 0.0400 e. The van der Waals surface area contributed by atoms with Gasteiger partial charge in [0.2, 0.25) is 0 Å². The van der Waals surface area contributed by atoms with Crippen molar-refractivity contribution in [2.24, 2.45) is 0 Å². The topological polar surface area (TPSA) is 15.3 Å². The number of aryl methyl sites for hydroxylation is 1. The van der Waals surface area contributed by atoms with Gasteiger partial charge in [0.05, 0.1) is 0 Å². The van der Waals surface area contributed by atoms with E-state index in [0.717, 1.165) is 17.6 Å². The minimum absolute atomic E-state index is 0.544. The number of likely N-dealkylation sites (tertiary alicyclic amines) is 1. The van der Waals surface area contributed by atoms with E-state index in [1.54, 1.807) is 0 Å². The number of benzene rings is 2. The van der Waals surface area contributed by atoms with E-state index in [0.29, 0.717) is 6.04 Å². The van der Waals surface area contributed by atoms with Crippen LogP contribution in [0.2, 0.25) is 0 Å².